The monoisotopic (exact) mass is 977 g/mol. The van der Waals surface area contributed by atoms with Crippen molar-refractivity contribution in [1.82, 2.24) is 19.5 Å². The summed E-state index contributed by atoms with van der Waals surface area (Å²) < 4.78 is 9.77. The Balaban J connectivity index is 0.000000183. The van der Waals surface area contributed by atoms with Gasteiger partial charge in [-0.1, -0.05) is 56.5 Å². The zero-order chi connectivity index (χ0) is 38.3. The molecular formula is C49H50GeIrN4O-2. The zero-order valence-corrected chi connectivity index (χ0v) is 38.0. The van der Waals surface area contributed by atoms with E-state index >= 15 is 0 Å². The maximum Gasteiger partial charge on any atom is 0 e. The van der Waals surface area contributed by atoms with E-state index in [0.29, 0.717) is 0 Å². The first kappa shape index (κ1) is 39.9. The molecule has 1 radical (unpaired) electrons. The molecule has 4 heterocycles. The number of rotatable bonds is 6. The van der Waals surface area contributed by atoms with Crippen molar-refractivity contribution in [3.8, 4) is 28.3 Å². The van der Waals surface area contributed by atoms with Crippen molar-refractivity contribution in [2.24, 2.45) is 5.92 Å². The minimum Gasteiger partial charge on any atom is 0 e. The Bertz CT molecular complexity index is 2610. The average Bonchev–Trinajstić information content (AvgIpc) is 3.92. The number of imidazole rings is 1. The molecule has 287 valence electrons. The Kier molecular flexibility index (Phi) is 11.6. The molecule has 0 unspecified atom stereocenters. The minimum absolute atomic E-state index is 0. The molecule has 4 aromatic heterocycles. The summed E-state index contributed by atoms with van der Waals surface area (Å²) in [4.78, 5) is 14.3. The van der Waals surface area contributed by atoms with Crippen molar-refractivity contribution in [2.45, 2.75) is 82.5 Å². The van der Waals surface area contributed by atoms with E-state index in [9.17, 15) is 0 Å². The summed E-state index contributed by atoms with van der Waals surface area (Å²) in [5, 5.41) is 2.16. The molecule has 0 saturated heterocycles. The van der Waals surface area contributed by atoms with Crippen LogP contribution in [0, 0.1) is 25.0 Å². The topological polar surface area (TPSA) is 56.7 Å². The molecule has 0 amide bonds. The Labute approximate surface area is 347 Å². The van der Waals surface area contributed by atoms with Crippen molar-refractivity contribution < 1.29 is 24.5 Å². The van der Waals surface area contributed by atoms with Crippen LogP contribution in [0.4, 0.5) is 0 Å². The van der Waals surface area contributed by atoms with Crippen LogP contribution in [-0.4, -0.2) is 32.8 Å². The fraction of sp³-hybridized carbons (Fsp3) is 0.286. The summed E-state index contributed by atoms with van der Waals surface area (Å²) in [6.07, 6.45) is 11.0. The van der Waals surface area contributed by atoms with Gasteiger partial charge in [0.1, 0.15) is 5.58 Å². The Morgan fingerprint density at radius 1 is 0.804 bits per heavy atom. The molecule has 1 aliphatic rings. The third-order valence-electron chi connectivity index (χ3n) is 11.0. The van der Waals surface area contributed by atoms with E-state index in [4.69, 9.17) is 14.4 Å². The van der Waals surface area contributed by atoms with Gasteiger partial charge in [-0.15, -0.1) is 23.8 Å². The Hall–Kier alpha value is -4.36. The van der Waals surface area contributed by atoms with E-state index in [1.54, 1.807) is 9.96 Å². The van der Waals surface area contributed by atoms with Crippen molar-refractivity contribution in [3.05, 3.63) is 138 Å². The zero-order valence-electron chi connectivity index (χ0n) is 33.5. The van der Waals surface area contributed by atoms with E-state index in [-0.39, 0.29) is 25.5 Å². The second-order valence-electron chi connectivity index (χ2n) is 17.2. The van der Waals surface area contributed by atoms with Gasteiger partial charge in [0, 0.05) is 36.9 Å². The van der Waals surface area contributed by atoms with Crippen LogP contribution >= 0.6 is 0 Å². The second kappa shape index (κ2) is 16.2. The third kappa shape index (κ3) is 8.34. The molecule has 0 atom stereocenters. The normalized spacial score (nSPS) is 13.6. The maximum absolute atomic E-state index is 6.01. The number of furan rings is 1. The average molecular weight is 976 g/mol. The van der Waals surface area contributed by atoms with Crippen molar-refractivity contribution >= 4 is 50.6 Å². The van der Waals surface area contributed by atoms with Gasteiger partial charge >= 0.3 is 137 Å². The van der Waals surface area contributed by atoms with Crippen LogP contribution in [0.1, 0.15) is 63.3 Å². The molecule has 1 fully saturated rings. The quantitative estimate of drug-likeness (QED) is 0.123. The first-order valence-electron chi connectivity index (χ1n) is 19.7. The fourth-order valence-corrected chi connectivity index (χ4v) is 11.3. The predicted molar refractivity (Wildman–Crippen MR) is 231 cm³/mol. The SMILES string of the molecule is Cc1cc2nc(-c3[c-]cc4oc5ccccc5c4c3)n(-c3ccc(C(C)(C)C)cc3)c2cn1.[CH3][Ge]([CH3])([CH3])[c]1cnc(-c2[c-]cccc2)cc1CC1CCCC1.[Ir]. The Morgan fingerprint density at radius 3 is 2.27 bits per heavy atom. The largest absolute Gasteiger partial charge is 0 e. The smallest absolute Gasteiger partial charge is 0 e. The maximum atomic E-state index is 6.01. The molecule has 0 N–H and O–H groups in total. The second-order valence-corrected chi connectivity index (χ2v) is 27.8. The van der Waals surface area contributed by atoms with Gasteiger partial charge in [-0.25, -0.2) is 0 Å². The molecule has 0 bridgehead atoms. The van der Waals surface area contributed by atoms with Crippen LogP contribution in [0.2, 0.25) is 17.3 Å². The van der Waals surface area contributed by atoms with E-state index in [0.717, 1.165) is 72.9 Å². The molecule has 0 aliphatic heterocycles. The summed E-state index contributed by atoms with van der Waals surface area (Å²) in [5.41, 5.74) is 11.7. The summed E-state index contributed by atoms with van der Waals surface area (Å²) in [7, 11) is 0. The van der Waals surface area contributed by atoms with E-state index < -0.39 is 13.3 Å². The standard InChI is InChI=1S/C29H24N3O.C20H26GeN.Ir/c1-18-15-24-25(17-30-18)32(21-12-10-20(11-13-21)29(2,3)4)28(31-24)19-9-14-27-23(16-19)22-7-5-6-8-26(22)33-27;1-21(2,3)19-15-22-20(17-11-5-4-6-12-17)14-18(19)13-16-9-7-8-10-16;/h5-8,10-17H,1-4H3;4-6,11,14-16H,7-10,13H2,1-3H3;/q2*-1;. The van der Waals surface area contributed by atoms with Gasteiger partial charge in [0.05, 0.1) is 28.6 Å². The summed E-state index contributed by atoms with van der Waals surface area (Å²) in [6.45, 7) is 8.68. The number of fused-ring (bicyclic) bond motifs is 4. The van der Waals surface area contributed by atoms with Crippen LogP contribution in [0.5, 0.6) is 0 Å². The number of hydrogen-bond donors (Lipinski definition) is 0. The molecular weight excluding hydrogens is 925 g/mol. The number of benzene rings is 4. The first-order valence-corrected chi connectivity index (χ1v) is 27.0. The number of hydrogen-bond acceptors (Lipinski definition) is 4. The predicted octanol–water partition coefficient (Wildman–Crippen LogP) is 12.2. The van der Waals surface area contributed by atoms with Crippen LogP contribution in [-0.2, 0) is 31.9 Å². The molecule has 0 spiro atoms. The number of aryl methyl sites for hydroxylation is 1. The molecule has 5 nitrogen and oxygen atoms in total. The van der Waals surface area contributed by atoms with Crippen molar-refractivity contribution in [3.63, 3.8) is 0 Å². The van der Waals surface area contributed by atoms with Crippen LogP contribution < -0.4 is 4.40 Å². The van der Waals surface area contributed by atoms with Gasteiger partial charge in [-0.3, -0.25) is 9.97 Å². The molecule has 56 heavy (non-hydrogen) atoms. The van der Waals surface area contributed by atoms with Crippen molar-refractivity contribution in [1.29, 1.82) is 0 Å². The van der Waals surface area contributed by atoms with Crippen LogP contribution in [0.25, 0.3) is 61.3 Å². The van der Waals surface area contributed by atoms with Gasteiger partial charge in [0.25, 0.3) is 0 Å². The van der Waals surface area contributed by atoms with E-state index in [2.05, 4.69) is 121 Å². The van der Waals surface area contributed by atoms with E-state index in [1.807, 2.05) is 55.6 Å². The number of pyridine rings is 2. The first-order chi connectivity index (χ1) is 26.4. The molecule has 8 aromatic rings. The number of nitrogens with zero attached hydrogens (tertiary/aromatic N) is 4. The van der Waals surface area contributed by atoms with Crippen LogP contribution in [0.3, 0.4) is 0 Å². The van der Waals surface area contributed by atoms with Crippen molar-refractivity contribution in [2.75, 3.05) is 0 Å². The van der Waals surface area contributed by atoms with Gasteiger partial charge in [0.2, 0.25) is 0 Å². The minimum atomic E-state index is -1.87. The molecule has 4 aromatic carbocycles. The molecule has 1 aliphatic carbocycles. The van der Waals surface area contributed by atoms with Crippen LogP contribution in [0.15, 0.2) is 114 Å². The summed E-state index contributed by atoms with van der Waals surface area (Å²) in [6, 6.07) is 40.2. The molecule has 9 rings (SSSR count). The summed E-state index contributed by atoms with van der Waals surface area (Å²) in [5.74, 6) is 9.16. The molecule has 1 saturated carbocycles. The van der Waals surface area contributed by atoms with Gasteiger partial charge in [-0.2, -0.15) is 0 Å². The molecule has 7 heteroatoms. The number of aromatic nitrogens is 4. The van der Waals surface area contributed by atoms with Gasteiger partial charge < -0.3 is 8.98 Å². The Morgan fingerprint density at radius 2 is 1.55 bits per heavy atom. The fourth-order valence-electron chi connectivity index (χ4n) is 8.00. The third-order valence-corrected chi connectivity index (χ3v) is 15.3. The summed E-state index contributed by atoms with van der Waals surface area (Å²) >= 11 is -1.87. The van der Waals surface area contributed by atoms with E-state index in [1.165, 1.54) is 37.7 Å². The number of para-hydroxylation sites is 1. The van der Waals surface area contributed by atoms with Gasteiger partial charge in [-0.05, 0) is 42.2 Å². The van der Waals surface area contributed by atoms with Gasteiger partial charge in [0.15, 0.2) is 0 Å².